The normalized spacial score (nSPS) is 10.9. The molecule has 0 unspecified atom stereocenters. The van der Waals surface area contributed by atoms with Crippen LogP contribution >= 0.6 is 23.2 Å². The van der Waals surface area contributed by atoms with Gasteiger partial charge in [-0.1, -0.05) is 47.5 Å². The van der Waals surface area contributed by atoms with Gasteiger partial charge in [-0.3, -0.25) is 9.79 Å². The Labute approximate surface area is 191 Å². The molecule has 5 nitrogen and oxygen atoms in total. The molecule has 0 aliphatic carbocycles. The maximum atomic E-state index is 12.3. The van der Waals surface area contributed by atoms with Crippen LogP contribution in [-0.4, -0.2) is 25.8 Å². The Bertz CT molecular complexity index is 1130. The van der Waals surface area contributed by atoms with Gasteiger partial charge >= 0.3 is 0 Å². The SMILES string of the molecule is COc1cc(C=Nc2ccccc2C)cc(Cl)c1OCC(=O)Nc1ccc(C)c(Cl)c1. The number of ether oxygens (including phenoxy) is 2. The molecule has 0 spiro atoms. The number of halogens is 2. The number of nitrogens with zero attached hydrogens (tertiary/aromatic N) is 1. The minimum absolute atomic E-state index is 0.238. The van der Waals surface area contributed by atoms with Crippen LogP contribution < -0.4 is 14.8 Å². The van der Waals surface area contributed by atoms with Gasteiger partial charge < -0.3 is 14.8 Å². The van der Waals surface area contributed by atoms with E-state index in [1.165, 1.54) is 7.11 Å². The summed E-state index contributed by atoms with van der Waals surface area (Å²) in [6.45, 7) is 3.64. The highest BCUT2D eigenvalue weighted by atomic mass is 35.5. The first-order valence-electron chi connectivity index (χ1n) is 9.53. The van der Waals surface area contributed by atoms with E-state index in [4.69, 9.17) is 32.7 Å². The Kier molecular flexibility index (Phi) is 7.55. The second-order valence-electron chi connectivity index (χ2n) is 6.88. The lowest BCUT2D eigenvalue weighted by Crippen LogP contribution is -2.20. The number of para-hydroxylation sites is 1. The van der Waals surface area contributed by atoms with E-state index in [0.717, 1.165) is 22.4 Å². The summed E-state index contributed by atoms with van der Waals surface area (Å²) in [5.41, 5.74) is 4.20. The molecule has 31 heavy (non-hydrogen) atoms. The molecule has 0 radical (unpaired) electrons. The van der Waals surface area contributed by atoms with E-state index >= 15 is 0 Å². The number of methoxy groups -OCH3 is 1. The number of aryl methyl sites for hydroxylation is 2. The predicted octanol–water partition coefficient (Wildman–Crippen LogP) is 6.39. The lowest BCUT2D eigenvalue weighted by Gasteiger charge is -2.13. The molecule has 0 saturated heterocycles. The summed E-state index contributed by atoms with van der Waals surface area (Å²) < 4.78 is 11.0. The summed E-state index contributed by atoms with van der Waals surface area (Å²) in [5.74, 6) is 0.349. The summed E-state index contributed by atoms with van der Waals surface area (Å²) in [4.78, 5) is 16.8. The van der Waals surface area contributed by atoms with E-state index in [9.17, 15) is 4.79 Å². The lowest BCUT2D eigenvalue weighted by molar-refractivity contribution is -0.118. The number of nitrogens with one attached hydrogen (secondary N) is 1. The quantitative estimate of drug-likeness (QED) is 0.419. The fourth-order valence-corrected chi connectivity index (χ4v) is 3.27. The van der Waals surface area contributed by atoms with Crippen molar-refractivity contribution in [1.29, 1.82) is 0 Å². The average Bonchev–Trinajstić information content (AvgIpc) is 2.74. The second kappa shape index (κ2) is 10.3. The minimum atomic E-state index is -0.344. The van der Waals surface area contributed by atoms with Crippen molar-refractivity contribution in [2.24, 2.45) is 4.99 Å². The minimum Gasteiger partial charge on any atom is -0.493 e. The number of benzene rings is 3. The second-order valence-corrected chi connectivity index (χ2v) is 7.69. The topological polar surface area (TPSA) is 59.9 Å². The molecule has 0 atom stereocenters. The summed E-state index contributed by atoms with van der Waals surface area (Å²) >= 11 is 12.5. The zero-order valence-corrected chi connectivity index (χ0v) is 18.9. The Hall–Kier alpha value is -3.02. The van der Waals surface area contributed by atoms with Crippen LogP contribution in [-0.2, 0) is 4.79 Å². The van der Waals surface area contributed by atoms with E-state index in [2.05, 4.69) is 10.3 Å². The Morgan fingerprint density at radius 3 is 2.52 bits per heavy atom. The third-order valence-electron chi connectivity index (χ3n) is 4.52. The molecule has 0 fully saturated rings. The van der Waals surface area contributed by atoms with Gasteiger partial charge in [0, 0.05) is 16.9 Å². The first-order valence-corrected chi connectivity index (χ1v) is 10.3. The fourth-order valence-electron chi connectivity index (χ4n) is 2.81. The first-order chi connectivity index (χ1) is 14.9. The molecule has 0 heterocycles. The monoisotopic (exact) mass is 456 g/mol. The van der Waals surface area contributed by atoms with Crippen molar-refractivity contribution < 1.29 is 14.3 Å². The van der Waals surface area contributed by atoms with E-state index < -0.39 is 0 Å². The van der Waals surface area contributed by atoms with Crippen LogP contribution in [0, 0.1) is 13.8 Å². The number of hydrogen-bond acceptors (Lipinski definition) is 4. The van der Waals surface area contributed by atoms with Crippen LogP contribution in [0.3, 0.4) is 0 Å². The van der Waals surface area contributed by atoms with Gasteiger partial charge in [0.2, 0.25) is 0 Å². The van der Waals surface area contributed by atoms with Crippen molar-refractivity contribution in [3.05, 3.63) is 81.3 Å². The Morgan fingerprint density at radius 1 is 1.03 bits per heavy atom. The van der Waals surface area contributed by atoms with Crippen LogP contribution in [0.4, 0.5) is 11.4 Å². The molecule has 0 aliphatic rings. The average molecular weight is 457 g/mol. The van der Waals surface area contributed by atoms with E-state index in [0.29, 0.717) is 21.5 Å². The van der Waals surface area contributed by atoms with E-state index in [1.807, 2.05) is 44.2 Å². The largest absolute Gasteiger partial charge is 0.493 e. The number of rotatable bonds is 7. The van der Waals surface area contributed by atoms with Crippen molar-refractivity contribution in [1.82, 2.24) is 0 Å². The molecular weight excluding hydrogens is 435 g/mol. The highest BCUT2D eigenvalue weighted by Crippen LogP contribution is 2.36. The van der Waals surface area contributed by atoms with Gasteiger partial charge in [0.1, 0.15) is 0 Å². The molecule has 0 aromatic heterocycles. The number of aliphatic imine (C=N–C) groups is 1. The van der Waals surface area contributed by atoms with Gasteiger partial charge in [-0.05, 0) is 60.9 Å². The summed E-state index contributed by atoms with van der Waals surface area (Å²) in [7, 11) is 1.51. The van der Waals surface area contributed by atoms with Gasteiger partial charge in [-0.25, -0.2) is 0 Å². The van der Waals surface area contributed by atoms with Gasteiger partial charge in [-0.15, -0.1) is 0 Å². The highest BCUT2D eigenvalue weighted by Gasteiger charge is 2.14. The highest BCUT2D eigenvalue weighted by molar-refractivity contribution is 6.32. The number of carbonyl (C=O) groups excluding carboxylic acids is 1. The molecule has 0 saturated carbocycles. The molecule has 1 N–H and O–H groups in total. The van der Waals surface area contributed by atoms with Crippen LogP contribution in [0.25, 0.3) is 0 Å². The van der Waals surface area contributed by atoms with Crippen molar-refractivity contribution in [2.45, 2.75) is 13.8 Å². The predicted molar refractivity (Wildman–Crippen MR) is 127 cm³/mol. The van der Waals surface area contributed by atoms with Crippen molar-refractivity contribution in [3.8, 4) is 11.5 Å². The molecule has 0 bridgehead atoms. The lowest BCUT2D eigenvalue weighted by atomic mass is 10.2. The van der Waals surface area contributed by atoms with Gasteiger partial charge in [-0.2, -0.15) is 0 Å². The third-order valence-corrected chi connectivity index (χ3v) is 5.21. The van der Waals surface area contributed by atoms with Gasteiger partial charge in [0.25, 0.3) is 5.91 Å². The van der Waals surface area contributed by atoms with E-state index in [1.54, 1.807) is 30.5 Å². The van der Waals surface area contributed by atoms with Crippen molar-refractivity contribution in [2.75, 3.05) is 19.0 Å². The Morgan fingerprint density at radius 2 is 1.81 bits per heavy atom. The molecule has 3 rings (SSSR count). The van der Waals surface area contributed by atoms with Gasteiger partial charge in [0.15, 0.2) is 18.1 Å². The summed E-state index contributed by atoms with van der Waals surface area (Å²) in [6, 6.07) is 16.6. The summed E-state index contributed by atoms with van der Waals surface area (Å²) in [5, 5.41) is 3.63. The zero-order chi connectivity index (χ0) is 22.4. The van der Waals surface area contributed by atoms with E-state index in [-0.39, 0.29) is 18.3 Å². The summed E-state index contributed by atoms with van der Waals surface area (Å²) in [6.07, 6.45) is 1.70. The Balaban J connectivity index is 1.70. The van der Waals surface area contributed by atoms with Crippen molar-refractivity contribution in [3.63, 3.8) is 0 Å². The molecular formula is C24H22Cl2N2O3. The standard InChI is InChI=1S/C24H22Cl2N2O3/c1-15-8-9-18(12-19(15)25)28-23(29)14-31-24-20(26)10-17(11-22(24)30-3)13-27-21-7-5-4-6-16(21)2/h4-13H,14H2,1-3H3,(H,28,29). The van der Waals surface area contributed by atoms with Crippen molar-refractivity contribution >= 4 is 46.7 Å². The molecule has 7 heteroatoms. The molecule has 0 aliphatic heterocycles. The molecule has 160 valence electrons. The maximum absolute atomic E-state index is 12.3. The number of hydrogen-bond donors (Lipinski definition) is 1. The third kappa shape index (κ3) is 6.00. The number of amides is 1. The number of anilines is 1. The fraction of sp³-hybridized carbons (Fsp3) is 0.167. The number of carbonyl (C=O) groups is 1. The smallest absolute Gasteiger partial charge is 0.262 e. The molecule has 3 aromatic carbocycles. The van der Waals surface area contributed by atoms with Gasteiger partial charge in [0.05, 0.1) is 17.8 Å². The van der Waals surface area contributed by atoms with Crippen LogP contribution in [0.5, 0.6) is 11.5 Å². The molecule has 3 aromatic rings. The van der Waals surface area contributed by atoms with Crippen LogP contribution in [0.15, 0.2) is 59.6 Å². The maximum Gasteiger partial charge on any atom is 0.262 e. The van der Waals surface area contributed by atoms with Crippen LogP contribution in [0.2, 0.25) is 10.0 Å². The zero-order valence-electron chi connectivity index (χ0n) is 17.4. The van der Waals surface area contributed by atoms with Crippen LogP contribution in [0.1, 0.15) is 16.7 Å². The first kappa shape index (κ1) is 22.7. The molecule has 1 amide bonds.